The molecule has 0 radical (unpaired) electrons. The van der Waals surface area contributed by atoms with Crippen molar-refractivity contribution < 1.29 is 13.6 Å². The number of carbonyl (C=O) groups excluding carboxylic acids is 1. The smallest absolute Gasteiger partial charge is 0.223 e. The molecule has 0 aliphatic carbocycles. The van der Waals surface area contributed by atoms with E-state index in [9.17, 15) is 13.6 Å². The predicted molar refractivity (Wildman–Crippen MR) is 60.9 cm³/mol. The second-order valence-electron chi connectivity index (χ2n) is 4.73. The van der Waals surface area contributed by atoms with Crippen LogP contribution in [0.4, 0.5) is 8.78 Å². The maximum Gasteiger partial charge on any atom is 0.223 e. The standard InChI is InChI=1S/C12H16F2N2O/c1-12(2,11(16)17)6-10(15)7-3-4-8(13)9(14)5-7/h3-5,10H,6,15H2,1-2H3,(H2,16,17). The summed E-state index contributed by atoms with van der Waals surface area (Å²) in [6, 6.07) is 2.89. The maximum absolute atomic E-state index is 13.0. The highest BCUT2D eigenvalue weighted by Gasteiger charge is 2.28. The topological polar surface area (TPSA) is 69.1 Å². The highest BCUT2D eigenvalue weighted by atomic mass is 19.2. The van der Waals surface area contributed by atoms with Crippen molar-refractivity contribution in [1.29, 1.82) is 0 Å². The summed E-state index contributed by atoms with van der Waals surface area (Å²) < 4.78 is 25.7. The molecule has 1 unspecified atom stereocenters. The van der Waals surface area contributed by atoms with Gasteiger partial charge in [0.2, 0.25) is 5.91 Å². The molecule has 0 bridgehead atoms. The minimum Gasteiger partial charge on any atom is -0.369 e. The van der Waals surface area contributed by atoms with E-state index in [1.165, 1.54) is 6.07 Å². The number of hydrogen-bond donors (Lipinski definition) is 2. The fourth-order valence-electron chi connectivity index (χ4n) is 1.51. The molecule has 0 aliphatic rings. The monoisotopic (exact) mass is 242 g/mol. The Morgan fingerprint density at radius 3 is 2.41 bits per heavy atom. The number of hydrogen-bond acceptors (Lipinski definition) is 2. The molecule has 5 heteroatoms. The van der Waals surface area contributed by atoms with Crippen LogP contribution >= 0.6 is 0 Å². The lowest BCUT2D eigenvalue weighted by atomic mass is 9.83. The molecular weight excluding hydrogens is 226 g/mol. The lowest BCUT2D eigenvalue weighted by Crippen LogP contribution is -2.34. The summed E-state index contributed by atoms with van der Waals surface area (Å²) in [4.78, 5) is 11.1. The largest absolute Gasteiger partial charge is 0.369 e. The van der Waals surface area contributed by atoms with E-state index in [2.05, 4.69) is 0 Å². The first-order valence-corrected chi connectivity index (χ1v) is 5.24. The minimum atomic E-state index is -0.949. The molecule has 1 atom stereocenters. The van der Waals surface area contributed by atoms with Crippen molar-refractivity contribution in [3.63, 3.8) is 0 Å². The molecule has 0 saturated carbocycles. The molecule has 17 heavy (non-hydrogen) atoms. The van der Waals surface area contributed by atoms with E-state index in [1.54, 1.807) is 13.8 Å². The minimum absolute atomic E-state index is 0.271. The first kappa shape index (κ1) is 13.6. The van der Waals surface area contributed by atoms with E-state index in [1.807, 2.05) is 0 Å². The number of benzene rings is 1. The van der Waals surface area contributed by atoms with Crippen LogP contribution in [0.15, 0.2) is 18.2 Å². The maximum atomic E-state index is 13.0. The Bertz CT molecular complexity index is 433. The quantitative estimate of drug-likeness (QED) is 0.846. The first-order chi connectivity index (χ1) is 7.74. The Morgan fingerprint density at radius 1 is 1.35 bits per heavy atom. The van der Waals surface area contributed by atoms with Crippen molar-refractivity contribution in [3.8, 4) is 0 Å². The molecule has 0 fully saturated rings. The molecule has 94 valence electrons. The molecule has 0 aliphatic heterocycles. The molecule has 0 saturated heterocycles. The predicted octanol–water partition coefficient (Wildman–Crippen LogP) is 1.87. The Hall–Kier alpha value is -1.49. The Morgan fingerprint density at radius 2 is 1.94 bits per heavy atom. The fourth-order valence-corrected chi connectivity index (χ4v) is 1.51. The van der Waals surface area contributed by atoms with E-state index in [0.717, 1.165) is 12.1 Å². The second kappa shape index (κ2) is 4.79. The zero-order chi connectivity index (χ0) is 13.2. The van der Waals surface area contributed by atoms with Gasteiger partial charge in [0.25, 0.3) is 0 Å². The Kier molecular flexibility index (Phi) is 3.83. The van der Waals surface area contributed by atoms with Gasteiger partial charge in [-0.1, -0.05) is 19.9 Å². The van der Waals surface area contributed by atoms with Gasteiger partial charge in [0.15, 0.2) is 11.6 Å². The van der Waals surface area contributed by atoms with Crippen LogP contribution in [0.5, 0.6) is 0 Å². The van der Waals surface area contributed by atoms with E-state index in [0.29, 0.717) is 5.56 Å². The Balaban J connectivity index is 2.87. The number of amides is 1. The summed E-state index contributed by atoms with van der Waals surface area (Å²) in [5.41, 5.74) is 10.7. The molecular formula is C12H16F2N2O. The summed E-state index contributed by atoms with van der Waals surface area (Å²) in [6.45, 7) is 3.32. The lowest BCUT2D eigenvalue weighted by molar-refractivity contribution is -0.126. The summed E-state index contributed by atoms with van der Waals surface area (Å²) in [5, 5.41) is 0. The molecule has 1 aromatic rings. The van der Waals surface area contributed by atoms with Gasteiger partial charge in [-0.15, -0.1) is 0 Å². The third kappa shape index (κ3) is 3.23. The van der Waals surface area contributed by atoms with Gasteiger partial charge in [-0.25, -0.2) is 8.78 Å². The van der Waals surface area contributed by atoms with E-state index in [4.69, 9.17) is 11.5 Å². The van der Waals surface area contributed by atoms with E-state index >= 15 is 0 Å². The molecule has 1 aromatic carbocycles. The van der Waals surface area contributed by atoms with Crippen molar-refractivity contribution in [3.05, 3.63) is 35.4 Å². The SMILES string of the molecule is CC(C)(CC(N)c1ccc(F)c(F)c1)C(N)=O. The van der Waals surface area contributed by atoms with Crippen LogP contribution in [0.3, 0.4) is 0 Å². The van der Waals surface area contributed by atoms with Crippen molar-refractivity contribution in [2.24, 2.45) is 16.9 Å². The van der Waals surface area contributed by atoms with Crippen molar-refractivity contribution in [2.75, 3.05) is 0 Å². The van der Waals surface area contributed by atoms with Crippen LogP contribution in [-0.4, -0.2) is 5.91 Å². The molecule has 1 rings (SSSR count). The number of primary amides is 1. The summed E-state index contributed by atoms with van der Waals surface area (Å²) >= 11 is 0. The summed E-state index contributed by atoms with van der Waals surface area (Å²) in [6.07, 6.45) is 0.271. The van der Waals surface area contributed by atoms with Gasteiger partial charge in [0, 0.05) is 11.5 Å². The molecule has 0 spiro atoms. The van der Waals surface area contributed by atoms with E-state index < -0.39 is 29.0 Å². The number of halogens is 2. The van der Waals surface area contributed by atoms with Crippen LogP contribution in [0.2, 0.25) is 0 Å². The second-order valence-corrected chi connectivity index (χ2v) is 4.73. The molecule has 0 heterocycles. The van der Waals surface area contributed by atoms with Crippen molar-refractivity contribution in [2.45, 2.75) is 26.3 Å². The third-order valence-corrected chi connectivity index (χ3v) is 2.77. The average Bonchev–Trinajstić information content (AvgIpc) is 2.21. The van der Waals surface area contributed by atoms with Crippen molar-refractivity contribution >= 4 is 5.91 Å². The zero-order valence-corrected chi connectivity index (χ0v) is 9.84. The van der Waals surface area contributed by atoms with Crippen molar-refractivity contribution in [1.82, 2.24) is 0 Å². The molecule has 1 amide bonds. The van der Waals surface area contributed by atoms with Gasteiger partial charge in [-0.2, -0.15) is 0 Å². The summed E-state index contributed by atoms with van der Waals surface area (Å²) in [7, 11) is 0. The zero-order valence-electron chi connectivity index (χ0n) is 9.84. The number of nitrogens with two attached hydrogens (primary N) is 2. The Labute approximate surface area is 98.8 Å². The average molecular weight is 242 g/mol. The molecule has 3 nitrogen and oxygen atoms in total. The van der Waals surface area contributed by atoms with Gasteiger partial charge in [0.1, 0.15) is 0 Å². The fraction of sp³-hybridized carbons (Fsp3) is 0.417. The summed E-state index contributed by atoms with van der Waals surface area (Å²) in [5.74, 6) is -2.35. The van der Waals surface area contributed by atoms with Crippen LogP contribution in [0.1, 0.15) is 31.9 Å². The van der Waals surface area contributed by atoms with Gasteiger partial charge in [0.05, 0.1) is 0 Å². The van der Waals surface area contributed by atoms with Crippen LogP contribution in [0, 0.1) is 17.0 Å². The van der Waals surface area contributed by atoms with Gasteiger partial charge >= 0.3 is 0 Å². The number of carbonyl (C=O) groups is 1. The number of rotatable bonds is 4. The lowest BCUT2D eigenvalue weighted by Gasteiger charge is -2.24. The van der Waals surface area contributed by atoms with Gasteiger partial charge in [-0.05, 0) is 24.1 Å². The van der Waals surface area contributed by atoms with Crippen LogP contribution < -0.4 is 11.5 Å². The van der Waals surface area contributed by atoms with E-state index in [-0.39, 0.29) is 6.42 Å². The molecule has 4 N–H and O–H groups in total. The third-order valence-electron chi connectivity index (χ3n) is 2.77. The highest BCUT2D eigenvalue weighted by Crippen LogP contribution is 2.28. The van der Waals surface area contributed by atoms with Crippen LogP contribution in [-0.2, 0) is 4.79 Å². The van der Waals surface area contributed by atoms with Crippen LogP contribution in [0.25, 0.3) is 0 Å². The van der Waals surface area contributed by atoms with Gasteiger partial charge < -0.3 is 11.5 Å². The highest BCUT2D eigenvalue weighted by molar-refractivity contribution is 5.79. The van der Waals surface area contributed by atoms with Gasteiger partial charge in [-0.3, -0.25) is 4.79 Å². The first-order valence-electron chi connectivity index (χ1n) is 5.24. The molecule has 0 aromatic heterocycles. The normalized spacial score (nSPS) is 13.5.